The molecule has 1 aliphatic carbocycles. The van der Waals surface area contributed by atoms with Gasteiger partial charge >= 0.3 is 0 Å². The van der Waals surface area contributed by atoms with Crippen LogP contribution in [-0.2, 0) is 15.4 Å². The van der Waals surface area contributed by atoms with Crippen molar-refractivity contribution >= 4 is 61.9 Å². The van der Waals surface area contributed by atoms with Gasteiger partial charge in [0.15, 0.2) is 9.84 Å². The maximum atomic E-state index is 13.0. The van der Waals surface area contributed by atoms with E-state index in [1.165, 1.54) is 6.07 Å². The Bertz CT molecular complexity index is 1130. The summed E-state index contributed by atoms with van der Waals surface area (Å²) >= 11 is 13.3. The zero-order chi connectivity index (χ0) is 21.0. The largest absolute Gasteiger partial charge is 0.362 e. The number of aromatic nitrogens is 1. The van der Waals surface area contributed by atoms with Gasteiger partial charge in [-0.2, -0.15) is 0 Å². The van der Waals surface area contributed by atoms with E-state index >= 15 is 0 Å². The van der Waals surface area contributed by atoms with Crippen LogP contribution in [0.15, 0.2) is 24.3 Å². The lowest BCUT2D eigenvalue weighted by Gasteiger charge is -2.50. The summed E-state index contributed by atoms with van der Waals surface area (Å²) in [7, 11) is -3.54. The number of nitrogens with one attached hydrogen (secondary N) is 3. The highest BCUT2D eigenvalue weighted by atomic mass is 35.5. The lowest BCUT2D eigenvalue weighted by atomic mass is 9.82. The number of pyridine rings is 1. The molecule has 4 rings (SSSR count). The predicted octanol–water partition coefficient (Wildman–Crippen LogP) is 3.84. The molecule has 29 heavy (non-hydrogen) atoms. The first-order chi connectivity index (χ1) is 13.6. The number of thiophene rings is 1. The van der Waals surface area contributed by atoms with Crippen LogP contribution < -0.4 is 10.6 Å². The number of anilines is 1. The molecule has 3 N–H and O–H groups in total. The molecule has 1 aliphatic heterocycles. The van der Waals surface area contributed by atoms with Gasteiger partial charge in [-0.3, -0.25) is 10.2 Å². The average molecular weight is 473 g/mol. The van der Waals surface area contributed by atoms with Gasteiger partial charge in [0.25, 0.3) is 5.91 Å². The molecule has 11 heteroatoms. The molecule has 3 heterocycles. The summed E-state index contributed by atoms with van der Waals surface area (Å²) in [5.74, 6) is -0.298. The predicted molar refractivity (Wildman–Crippen MR) is 115 cm³/mol. The van der Waals surface area contributed by atoms with Crippen LogP contribution in [0.5, 0.6) is 0 Å². The zero-order valence-electron chi connectivity index (χ0n) is 15.4. The first kappa shape index (κ1) is 20.6. The van der Waals surface area contributed by atoms with Crippen molar-refractivity contribution in [3.63, 3.8) is 0 Å². The van der Waals surface area contributed by atoms with Gasteiger partial charge in [-0.25, -0.2) is 13.4 Å². The molecule has 0 unspecified atom stereocenters. The quantitative estimate of drug-likeness (QED) is 0.587. The van der Waals surface area contributed by atoms with E-state index < -0.39 is 26.0 Å². The SMILES string of the molecule is C[C@@]1(c2sc(C(=O)Nc3cccc(Cl)n3)cc2Cl)CS(=O)(=O)C2(CCC2)C(=N)N1. The van der Waals surface area contributed by atoms with Crippen molar-refractivity contribution in [3.8, 4) is 0 Å². The summed E-state index contributed by atoms with van der Waals surface area (Å²) in [5.41, 5.74) is -1.08. The molecule has 1 atom stereocenters. The molecule has 154 valence electrons. The number of sulfone groups is 1. The number of hydrogen-bond acceptors (Lipinski definition) is 6. The Kier molecular flexibility index (Phi) is 4.92. The van der Waals surface area contributed by atoms with E-state index in [1.54, 1.807) is 25.1 Å². The number of hydrogen-bond donors (Lipinski definition) is 3. The molecule has 2 aliphatic rings. The number of nitrogens with zero attached hydrogens (tertiary/aromatic N) is 1. The van der Waals surface area contributed by atoms with Crippen molar-refractivity contribution in [2.75, 3.05) is 11.1 Å². The number of halogens is 2. The van der Waals surface area contributed by atoms with E-state index in [4.69, 9.17) is 28.6 Å². The van der Waals surface area contributed by atoms with Crippen molar-refractivity contribution < 1.29 is 13.2 Å². The Morgan fingerprint density at radius 2 is 2.07 bits per heavy atom. The molecule has 0 bridgehead atoms. The van der Waals surface area contributed by atoms with Crippen LogP contribution in [0.2, 0.25) is 10.2 Å². The van der Waals surface area contributed by atoms with Crippen LogP contribution in [0, 0.1) is 5.41 Å². The number of carbonyl (C=O) groups excluding carboxylic acids is 1. The van der Waals surface area contributed by atoms with Crippen LogP contribution in [0.3, 0.4) is 0 Å². The van der Waals surface area contributed by atoms with E-state index in [2.05, 4.69) is 15.6 Å². The fraction of sp³-hybridized carbons (Fsp3) is 0.389. The van der Waals surface area contributed by atoms with Crippen molar-refractivity contribution in [2.24, 2.45) is 0 Å². The van der Waals surface area contributed by atoms with E-state index in [0.29, 0.717) is 28.4 Å². The Balaban J connectivity index is 1.62. The maximum absolute atomic E-state index is 13.0. The van der Waals surface area contributed by atoms with Gasteiger partial charge < -0.3 is 10.6 Å². The Labute approximate surface area is 182 Å². The van der Waals surface area contributed by atoms with Crippen LogP contribution >= 0.6 is 34.5 Å². The summed E-state index contributed by atoms with van der Waals surface area (Å²) in [4.78, 5) is 17.4. The van der Waals surface area contributed by atoms with Gasteiger partial charge in [0.2, 0.25) is 0 Å². The highest BCUT2D eigenvalue weighted by Gasteiger charge is 2.59. The molecule has 1 amide bonds. The monoisotopic (exact) mass is 472 g/mol. The van der Waals surface area contributed by atoms with Crippen molar-refractivity contribution in [3.05, 3.63) is 44.2 Å². The highest BCUT2D eigenvalue weighted by Crippen LogP contribution is 2.48. The molecule has 2 fully saturated rings. The first-order valence-corrected chi connectivity index (χ1v) is 12.1. The molecule has 1 saturated carbocycles. The van der Waals surface area contributed by atoms with Gasteiger partial charge in [0.1, 0.15) is 21.6 Å². The van der Waals surface area contributed by atoms with Gasteiger partial charge in [0, 0.05) is 0 Å². The summed E-state index contributed by atoms with van der Waals surface area (Å²) < 4.78 is 24.9. The van der Waals surface area contributed by atoms with Crippen molar-refractivity contribution in [1.29, 1.82) is 5.41 Å². The Morgan fingerprint density at radius 3 is 2.66 bits per heavy atom. The summed E-state index contributed by atoms with van der Waals surface area (Å²) in [6.45, 7) is 1.70. The third-order valence-electron chi connectivity index (χ3n) is 5.46. The molecule has 2 aromatic rings. The van der Waals surface area contributed by atoms with Gasteiger partial charge in [0.05, 0.1) is 26.1 Å². The van der Waals surface area contributed by atoms with Crippen LogP contribution in [-0.4, -0.2) is 35.6 Å². The van der Waals surface area contributed by atoms with Crippen molar-refractivity contribution in [1.82, 2.24) is 10.3 Å². The highest BCUT2D eigenvalue weighted by molar-refractivity contribution is 7.93. The molecular weight excluding hydrogens is 455 g/mol. The van der Waals surface area contributed by atoms with Gasteiger partial charge in [-0.1, -0.05) is 29.3 Å². The van der Waals surface area contributed by atoms with E-state index in [0.717, 1.165) is 17.8 Å². The average Bonchev–Trinajstić information content (AvgIpc) is 2.94. The summed E-state index contributed by atoms with van der Waals surface area (Å²) in [6.07, 6.45) is 1.73. The fourth-order valence-electron chi connectivity index (χ4n) is 3.79. The minimum atomic E-state index is -3.54. The maximum Gasteiger partial charge on any atom is 0.266 e. The van der Waals surface area contributed by atoms with Crippen LogP contribution in [0.25, 0.3) is 0 Å². The number of carbonyl (C=O) groups is 1. The fourth-order valence-corrected chi connectivity index (χ4v) is 8.12. The minimum Gasteiger partial charge on any atom is -0.362 e. The van der Waals surface area contributed by atoms with Gasteiger partial charge in [-0.15, -0.1) is 11.3 Å². The first-order valence-electron chi connectivity index (χ1n) is 8.90. The smallest absolute Gasteiger partial charge is 0.266 e. The topological polar surface area (TPSA) is 112 Å². The lowest BCUT2D eigenvalue weighted by Crippen LogP contribution is -2.68. The zero-order valence-corrected chi connectivity index (χ0v) is 18.5. The van der Waals surface area contributed by atoms with Crippen LogP contribution in [0.1, 0.15) is 40.7 Å². The second-order valence-electron chi connectivity index (χ2n) is 7.53. The molecule has 2 aromatic heterocycles. The number of amidine groups is 1. The molecular formula is C18H18Cl2N4O3S2. The lowest BCUT2D eigenvalue weighted by molar-refractivity contribution is 0.103. The second kappa shape index (κ2) is 6.94. The molecule has 1 saturated heterocycles. The van der Waals surface area contributed by atoms with Crippen molar-refractivity contribution in [2.45, 2.75) is 36.5 Å². The summed E-state index contributed by atoms with van der Waals surface area (Å²) in [6, 6.07) is 6.36. The molecule has 7 nitrogen and oxygen atoms in total. The second-order valence-corrected chi connectivity index (χ2v) is 11.7. The van der Waals surface area contributed by atoms with E-state index in [9.17, 15) is 13.2 Å². The normalized spacial score (nSPS) is 24.6. The molecule has 1 spiro atoms. The number of rotatable bonds is 3. The van der Waals surface area contributed by atoms with E-state index in [-0.39, 0.29) is 21.8 Å². The van der Waals surface area contributed by atoms with Crippen LogP contribution in [0.4, 0.5) is 5.82 Å². The molecule has 0 radical (unpaired) electrons. The van der Waals surface area contributed by atoms with Gasteiger partial charge in [-0.05, 0) is 44.4 Å². The third-order valence-corrected chi connectivity index (χ3v) is 10.2. The standard InChI is InChI=1S/C18H18Cl2N4O3S2/c1-17(9-29(26,27)18(6-3-7-18)16(21)24-17)14-10(19)8-11(28-14)15(25)23-13-5-2-4-12(20)22-13/h2,4-5,8H,3,6-7,9H2,1H3,(H2,21,24)(H,22,23,25)/t17-/m0/s1. The Hall–Kier alpha value is -1.68. The molecule has 0 aromatic carbocycles. The number of amides is 1. The minimum absolute atomic E-state index is 0.0103. The Morgan fingerprint density at radius 1 is 1.34 bits per heavy atom. The van der Waals surface area contributed by atoms with E-state index in [1.807, 2.05) is 0 Å². The third kappa shape index (κ3) is 3.34. The summed E-state index contributed by atoms with van der Waals surface area (Å²) in [5, 5.41) is 14.6.